The van der Waals surface area contributed by atoms with E-state index in [0.29, 0.717) is 31.1 Å². The summed E-state index contributed by atoms with van der Waals surface area (Å²) in [5.74, 6) is 2.02. The van der Waals surface area contributed by atoms with Gasteiger partial charge in [0.2, 0.25) is 6.29 Å². The van der Waals surface area contributed by atoms with Crippen LogP contribution in [0.1, 0.15) is 37.3 Å². The number of fused-ring (bicyclic) bond motifs is 10. The zero-order valence-electron chi connectivity index (χ0n) is 21.7. The molecule has 6 rings (SSSR count). The van der Waals surface area contributed by atoms with Crippen LogP contribution >= 0.6 is 0 Å². The van der Waals surface area contributed by atoms with Crippen LogP contribution in [-0.4, -0.2) is 44.7 Å². The van der Waals surface area contributed by atoms with Gasteiger partial charge >= 0.3 is 11.9 Å². The highest BCUT2D eigenvalue weighted by Crippen LogP contribution is 2.52. The fourth-order valence-corrected chi connectivity index (χ4v) is 5.39. The second-order valence-electron chi connectivity index (χ2n) is 9.36. The lowest BCUT2D eigenvalue weighted by molar-refractivity contribution is -0.146. The molecule has 2 aliphatic rings. The average molecular weight is 529 g/mol. The van der Waals surface area contributed by atoms with E-state index in [-0.39, 0.29) is 25.4 Å². The quantitative estimate of drug-likeness (QED) is 0.277. The summed E-state index contributed by atoms with van der Waals surface area (Å²) in [6.45, 7) is 3.88. The minimum Gasteiger partial charge on any atom is -0.482 e. The van der Waals surface area contributed by atoms with Crippen LogP contribution < -0.4 is 18.9 Å². The van der Waals surface area contributed by atoms with Gasteiger partial charge in [-0.2, -0.15) is 0 Å². The van der Waals surface area contributed by atoms with E-state index in [1.807, 2.05) is 60.7 Å². The molecule has 0 spiro atoms. The maximum atomic E-state index is 11.7. The van der Waals surface area contributed by atoms with E-state index >= 15 is 0 Å². The molecule has 200 valence electrons. The molecule has 4 aromatic rings. The van der Waals surface area contributed by atoms with Gasteiger partial charge in [-0.05, 0) is 71.8 Å². The molecule has 0 amide bonds. The lowest BCUT2D eigenvalue weighted by atomic mass is 9.79. The Hall–Kier alpha value is -4.46. The van der Waals surface area contributed by atoms with E-state index in [4.69, 9.17) is 28.4 Å². The first-order valence-electron chi connectivity index (χ1n) is 13.1. The number of hydrogen-bond donors (Lipinski definition) is 0. The van der Waals surface area contributed by atoms with Crippen molar-refractivity contribution in [2.24, 2.45) is 0 Å². The van der Waals surface area contributed by atoms with Crippen molar-refractivity contribution in [1.29, 1.82) is 0 Å². The molecule has 2 heterocycles. The minimum atomic E-state index is -0.400. The third-order valence-electron chi connectivity index (χ3n) is 6.95. The zero-order valence-corrected chi connectivity index (χ0v) is 21.7. The highest BCUT2D eigenvalue weighted by atomic mass is 16.7. The van der Waals surface area contributed by atoms with Crippen molar-refractivity contribution in [3.8, 4) is 23.0 Å². The van der Waals surface area contributed by atoms with E-state index in [1.165, 1.54) is 0 Å². The Balaban J connectivity index is 1.36. The molecule has 2 aliphatic heterocycles. The summed E-state index contributed by atoms with van der Waals surface area (Å²) < 4.78 is 33.7. The highest BCUT2D eigenvalue weighted by Gasteiger charge is 2.39. The average Bonchev–Trinajstić information content (AvgIpc) is 2.94. The van der Waals surface area contributed by atoms with Crippen molar-refractivity contribution in [3.63, 3.8) is 0 Å². The topological polar surface area (TPSA) is 89.5 Å². The zero-order chi connectivity index (χ0) is 26.9. The number of carbonyl (C=O) groups excluding carboxylic acids is 2. The second kappa shape index (κ2) is 10.4. The number of benzene rings is 4. The SMILES string of the molecule is CCOC(=O)COc1ccc2c3c(ccc2c1)OC1CC3c2c(ccc3cc(OCC(=O)OCC)ccc23)O1. The number of rotatable bonds is 8. The Bertz CT molecular complexity index is 1460. The third kappa shape index (κ3) is 4.78. The Morgan fingerprint density at radius 3 is 1.67 bits per heavy atom. The first-order chi connectivity index (χ1) is 19.0. The molecular weight excluding hydrogens is 500 g/mol. The monoisotopic (exact) mass is 528 g/mol. The number of carbonyl (C=O) groups is 2. The van der Waals surface area contributed by atoms with Gasteiger partial charge < -0.3 is 28.4 Å². The predicted molar refractivity (Wildman–Crippen MR) is 144 cm³/mol. The summed E-state index contributed by atoms with van der Waals surface area (Å²) in [4.78, 5) is 23.4. The Morgan fingerprint density at radius 1 is 0.718 bits per heavy atom. The summed E-state index contributed by atoms with van der Waals surface area (Å²) in [6, 6.07) is 19.5. The maximum absolute atomic E-state index is 11.7. The molecule has 0 saturated carbocycles. The van der Waals surface area contributed by atoms with Crippen LogP contribution in [0.2, 0.25) is 0 Å². The summed E-state index contributed by atoms with van der Waals surface area (Å²) in [5.41, 5.74) is 2.20. The number of esters is 2. The molecule has 0 unspecified atom stereocenters. The molecule has 8 nitrogen and oxygen atoms in total. The lowest BCUT2D eigenvalue weighted by Gasteiger charge is -2.39. The van der Waals surface area contributed by atoms with Gasteiger partial charge in [0.25, 0.3) is 0 Å². The van der Waals surface area contributed by atoms with Crippen LogP contribution in [0.15, 0.2) is 60.7 Å². The minimum absolute atomic E-state index is 0.0486. The van der Waals surface area contributed by atoms with E-state index in [2.05, 4.69) is 0 Å². The third-order valence-corrected chi connectivity index (χ3v) is 6.95. The van der Waals surface area contributed by atoms with Gasteiger partial charge in [0.05, 0.1) is 13.2 Å². The highest BCUT2D eigenvalue weighted by molar-refractivity contribution is 5.94. The Labute approximate surface area is 225 Å². The normalized spacial score (nSPS) is 16.9. The first-order valence-corrected chi connectivity index (χ1v) is 13.1. The smallest absolute Gasteiger partial charge is 0.344 e. The number of ether oxygens (including phenoxy) is 6. The van der Waals surface area contributed by atoms with E-state index in [9.17, 15) is 9.59 Å². The van der Waals surface area contributed by atoms with Crippen molar-refractivity contribution in [1.82, 2.24) is 0 Å². The van der Waals surface area contributed by atoms with Crippen molar-refractivity contribution in [3.05, 3.63) is 71.8 Å². The molecule has 0 aromatic heterocycles. The molecule has 4 aromatic carbocycles. The van der Waals surface area contributed by atoms with Crippen molar-refractivity contribution in [2.45, 2.75) is 32.5 Å². The van der Waals surface area contributed by atoms with Crippen LogP contribution in [0.25, 0.3) is 21.5 Å². The molecule has 0 N–H and O–H groups in total. The summed E-state index contributed by atoms with van der Waals surface area (Å²) in [6.07, 6.45) is 0.310. The van der Waals surface area contributed by atoms with Gasteiger partial charge in [-0.3, -0.25) is 0 Å². The van der Waals surface area contributed by atoms with Crippen LogP contribution in [0, 0.1) is 0 Å². The summed E-state index contributed by atoms with van der Waals surface area (Å²) >= 11 is 0. The molecule has 0 fully saturated rings. The van der Waals surface area contributed by atoms with Crippen LogP contribution in [0.5, 0.6) is 23.0 Å². The first kappa shape index (κ1) is 24.9. The van der Waals surface area contributed by atoms with E-state index in [1.54, 1.807) is 13.8 Å². The molecule has 0 atom stereocenters. The van der Waals surface area contributed by atoms with Crippen LogP contribution in [-0.2, 0) is 19.1 Å². The second-order valence-corrected chi connectivity index (χ2v) is 9.36. The Kier molecular flexibility index (Phi) is 6.60. The summed E-state index contributed by atoms with van der Waals surface area (Å²) in [7, 11) is 0. The van der Waals surface area contributed by atoms with Crippen molar-refractivity contribution in [2.75, 3.05) is 26.4 Å². The fourth-order valence-electron chi connectivity index (χ4n) is 5.39. The molecule has 0 saturated heterocycles. The van der Waals surface area contributed by atoms with Crippen molar-refractivity contribution < 1.29 is 38.0 Å². The molecule has 0 radical (unpaired) electrons. The van der Waals surface area contributed by atoms with Gasteiger partial charge in [-0.15, -0.1) is 0 Å². The lowest BCUT2D eigenvalue weighted by Crippen LogP contribution is -2.35. The predicted octanol–water partition coefficient (Wildman–Crippen LogP) is 5.51. The molecule has 39 heavy (non-hydrogen) atoms. The van der Waals surface area contributed by atoms with Crippen LogP contribution in [0.3, 0.4) is 0 Å². The number of hydrogen-bond acceptors (Lipinski definition) is 8. The van der Waals surface area contributed by atoms with E-state index in [0.717, 1.165) is 44.2 Å². The molecule has 8 heteroatoms. The van der Waals surface area contributed by atoms with Crippen LogP contribution in [0.4, 0.5) is 0 Å². The van der Waals surface area contributed by atoms with Crippen molar-refractivity contribution >= 4 is 33.5 Å². The van der Waals surface area contributed by atoms with Gasteiger partial charge in [0.15, 0.2) is 13.2 Å². The maximum Gasteiger partial charge on any atom is 0.344 e. The molecular formula is C31H28O8. The molecule has 0 aliphatic carbocycles. The van der Waals surface area contributed by atoms with E-state index < -0.39 is 11.9 Å². The largest absolute Gasteiger partial charge is 0.482 e. The molecule has 2 bridgehead atoms. The van der Waals surface area contributed by atoms with Gasteiger partial charge in [0.1, 0.15) is 23.0 Å². The summed E-state index contributed by atoms with van der Waals surface area (Å²) in [5, 5.41) is 4.08. The standard InChI is InChI=1S/C31H28O8/c1-3-34-27(32)16-36-20-7-9-22-18(13-20)5-11-25-30(22)24-15-29(38-25)39-26-12-6-19-14-21(8-10-23(19)31(24)26)37-17-28(33)35-4-2/h5-14,24,29H,3-4,15-17H2,1-2H3. The van der Waals surface area contributed by atoms with Gasteiger partial charge in [-0.25, -0.2) is 9.59 Å². The van der Waals surface area contributed by atoms with Gasteiger partial charge in [-0.1, -0.05) is 24.3 Å². The van der Waals surface area contributed by atoms with Gasteiger partial charge in [0, 0.05) is 23.5 Å². The fraction of sp³-hybridized carbons (Fsp3) is 0.290. The Morgan fingerprint density at radius 2 is 1.21 bits per heavy atom.